The average molecular weight is 1300 g/mol. The van der Waals surface area contributed by atoms with Crippen LogP contribution in [-0.4, -0.2) is 58.9 Å². The smallest absolute Gasteiger partial charge is 0.134 e. The molecule has 0 amide bonds. The van der Waals surface area contributed by atoms with Crippen LogP contribution < -0.4 is 0 Å². The molecule has 0 atom stereocenters. The Morgan fingerprint density at radius 3 is 1.08 bits per heavy atom. The Balaban J connectivity index is 1.08. The maximum atomic E-state index is 12.1. The van der Waals surface area contributed by atoms with Gasteiger partial charge in [-0.2, -0.15) is 0 Å². The molecule has 0 aliphatic rings. The van der Waals surface area contributed by atoms with Gasteiger partial charge in [0.15, 0.2) is 0 Å². The average Bonchev–Trinajstić information content (AvgIpc) is 4.39. The molecule has 3 nitrogen and oxygen atoms in total. The third-order valence-electron chi connectivity index (χ3n) is 14.3. The number of thiophene rings is 4. The van der Waals surface area contributed by atoms with Gasteiger partial charge in [-0.15, -0.1) is 34.0 Å². The van der Waals surface area contributed by atoms with Gasteiger partial charge in [0.05, 0.1) is 0 Å². The van der Waals surface area contributed by atoms with Crippen molar-refractivity contribution in [3.05, 3.63) is 214 Å². The molecule has 9 rings (SSSR count). The number of carbonyl (C=O) groups excluding carboxylic acids is 3. The molecule has 78 heavy (non-hydrogen) atoms. The van der Waals surface area contributed by atoms with Gasteiger partial charge in [0.2, 0.25) is 0 Å². The first kappa shape index (κ1) is 58.1. The van der Waals surface area contributed by atoms with E-state index in [4.69, 9.17) is 0 Å². The van der Waals surface area contributed by atoms with Crippen molar-refractivity contribution in [2.75, 3.05) is 0 Å². The quantitative estimate of drug-likeness (QED) is 0.0279. The molecule has 4 aromatic heterocycles. The Hall–Kier alpha value is -4.53. The summed E-state index contributed by atoms with van der Waals surface area (Å²) >= 11 is 7.44. The molecule has 5 aromatic carbocycles. The van der Waals surface area contributed by atoms with Crippen LogP contribution in [0, 0.1) is 0 Å². The second kappa shape index (κ2) is 28.2. The molecule has 0 unspecified atom stereocenters. The van der Waals surface area contributed by atoms with Gasteiger partial charge in [-0.25, -0.2) is 0 Å². The van der Waals surface area contributed by atoms with Gasteiger partial charge >= 0.3 is 279 Å². The van der Waals surface area contributed by atoms with E-state index >= 15 is 0 Å². The summed E-state index contributed by atoms with van der Waals surface area (Å²) in [6.45, 7) is 9.64. The molecule has 9 aromatic rings. The second-order valence-corrected chi connectivity index (χ2v) is 31.5. The molecule has 4 heterocycles. The number of rotatable bonds is 28. The zero-order valence-corrected chi connectivity index (χ0v) is 53.8. The topological polar surface area (TPSA) is 51.2 Å². The molecule has 10 heteroatoms. The summed E-state index contributed by atoms with van der Waals surface area (Å²) in [6, 6.07) is 61.4. The molecule has 0 fully saturated rings. The molecule has 0 aliphatic carbocycles. The minimum absolute atomic E-state index is 0.101. The van der Waals surface area contributed by atoms with Crippen LogP contribution >= 0.6 is 45.3 Å². The first-order valence-corrected chi connectivity index (χ1v) is 36.8. The minimum Gasteiger partial charge on any atom is -0.134 e. The minimum atomic E-state index is -0.693. The van der Waals surface area contributed by atoms with Crippen LogP contribution in [0.3, 0.4) is 0 Å². The summed E-state index contributed by atoms with van der Waals surface area (Å²) in [6.07, 6.45) is 12.1. The van der Waals surface area contributed by atoms with E-state index in [-0.39, 0.29) is 58.9 Å². The molecule has 0 saturated heterocycles. The summed E-state index contributed by atoms with van der Waals surface area (Å²) < 4.78 is 0.755. The third-order valence-corrected chi connectivity index (χ3v) is 25.0. The normalized spacial score (nSPS) is 11.6. The number of unbranched alkanes of at least 4 members (excludes halogenated alkanes) is 6. The van der Waals surface area contributed by atoms with Crippen molar-refractivity contribution in [1.29, 1.82) is 0 Å². The second-order valence-electron chi connectivity index (χ2n) is 20.0. The number of hydrogen-bond acceptors (Lipinski definition) is 7. The van der Waals surface area contributed by atoms with Crippen molar-refractivity contribution in [1.82, 2.24) is 0 Å². The Kier molecular flexibility index (Phi) is 21.1. The van der Waals surface area contributed by atoms with Crippen molar-refractivity contribution < 1.29 is 14.4 Å². The SMILES string of the molecule is CCCCCCc1cc(-c2ccccc2)sc1-c1ccc(-c2ccc(-c3sc(-c4ccc(C(c5ccc(C[Se]C(C)=O)cc5)(c5ccc(C[Se]C(C)=O)cc5)c5ccc(C[Se]C(C)=O)cc5)cc4)cc3CCCCCC)s2)s1. The van der Waals surface area contributed by atoms with Gasteiger partial charge < -0.3 is 0 Å². The fraction of sp³-hybridized carbons (Fsp3) is 0.279. The van der Waals surface area contributed by atoms with Gasteiger partial charge in [0, 0.05) is 34.1 Å². The molecule has 0 aliphatic heterocycles. The fourth-order valence-corrected chi connectivity index (χ4v) is 18.6. The van der Waals surface area contributed by atoms with Crippen LogP contribution in [0.25, 0.3) is 50.1 Å². The predicted octanol–water partition coefficient (Wildman–Crippen LogP) is 18.1. The molecule has 0 saturated carbocycles. The van der Waals surface area contributed by atoms with Crippen molar-refractivity contribution in [3.8, 4) is 50.1 Å². The molecule has 0 radical (unpaired) electrons. The van der Waals surface area contributed by atoms with Crippen LogP contribution in [-0.2, 0) is 48.6 Å². The molecule has 0 spiro atoms. The van der Waals surface area contributed by atoms with Crippen molar-refractivity contribution in [2.45, 2.75) is 120 Å². The molecule has 0 N–H and O–H groups in total. The third kappa shape index (κ3) is 14.5. The Labute approximate surface area is 498 Å². The van der Waals surface area contributed by atoms with Crippen LogP contribution in [0.5, 0.6) is 0 Å². The monoisotopic (exact) mass is 1300 g/mol. The zero-order chi connectivity index (χ0) is 54.4. The summed E-state index contributed by atoms with van der Waals surface area (Å²) in [5, 5.41) is 2.29. The number of benzene rings is 5. The Morgan fingerprint density at radius 1 is 0.372 bits per heavy atom. The molecule has 400 valence electrons. The van der Waals surface area contributed by atoms with E-state index in [0.29, 0.717) is 0 Å². The summed E-state index contributed by atoms with van der Waals surface area (Å²) in [5.74, 6) is 0. The van der Waals surface area contributed by atoms with E-state index in [1.165, 1.54) is 113 Å². The van der Waals surface area contributed by atoms with Gasteiger partial charge in [0.1, 0.15) is 0 Å². The van der Waals surface area contributed by atoms with Crippen molar-refractivity contribution in [2.24, 2.45) is 0 Å². The van der Waals surface area contributed by atoms with Crippen molar-refractivity contribution in [3.63, 3.8) is 0 Å². The van der Waals surface area contributed by atoms with Crippen LogP contribution in [0.15, 0.2) is 164 Å². The van der Waals surface area contributed by atoms with Crippen LogP contribution in [0.1, 0.15) is 136 Å². The van der Waals surface area contributed by atoms with E-state index in [1.807, 2.05) is 45.3 Å². The van der Waals surface area contributed by atoms with Gasteiger partial charge in [-0.05, 0) is 72.7 Å². The first-order chi connectivity index (χ1) is 38.0. The van der Waals surface area contributed by atoms with Gasteiger partial charge in [-0.3, -0.25) is 0 Å². The van der Waals surface area contributed by atoms with E-state index in [1.54, 1.807) is 20.8 Å². The number of hydrogen-bond donors (Lipinski definition) is 0. The summed E-state index contributed by atoms with van der Waals surface area (Å²) in [4.78, 5) is 47.1. The standard InChI is InChI=1S/C68H68O3S4Se3/c1-6-8-10-13-19-54-41-64(52-17-15-12-16-18-52)74-66(54)62-39-37-60(72-62)61-38-40-63(73-61)67-55(20-14-11-9-7-2)42-65(75-67)53-27-35-59(36-28-53)68(56-29-21-49(22-30-56)43-76-46(3)69,57-31-23-50(24-32-57)44-77-47(4)70)58-33-25-51(26-34-58)45-78-48(5)71/h12,15-18,21-42H,6-11,13-14,19-20,43-45H2,1-5H3. The van der Waals surface area contributed by atoms with E-state index < -0.39 is 5.41 Å². The number of carbonyl (C=O) groups is 3. The molecule has 0 bridgehead atoms. The van der Waals surface area contributed by atoms with E-state index in [9.17, 15) is 14.4 Å². The fourth-order valence-electron chi connectivity index (χ4n) is 10.2. The van der Waals surface area contributed by atoms with E-state index in [0.717, 1.165) is 67.7 Å². The molecular weight excluding hydrogens is 1230 g/mol. The predicted molar refractivity (Wildman–Crippen MR) is 340 cm³/mol. The van der Waals surface area contributed by atoms with Crippen LogP contribution in [0.2, 0.25) is 0 Å². The molecular formula is C68H68O3S4Se3. The summed E-state index contributed by atoms with van der Waals surface area (Å²) in [7, 11) is 0. The van der Waals surface area contributed by atoms with Crippen LogP contribution in [0.4, 0.5) is 0 Å². The van der Waals surface area contributed by atoms with Gasteiger partial charge in [-0.1, -0.05) is 82.7 Å². The zero-order valence-electron chi connectivity index (χ0n) is 45.4. The van der Waals surface area contributed by atoms with Gasteiger partial charge in [0.25, 0.3) is 0 Å². The van der Waals surface area contributed by atoms with E-state index in [2.05, 4.69) is 178 Å². The first-order valence-electron chi connectivity index (χ1n) is 27.3. The Morgan fingerprint density at radius 2 is 0.718 bits per heavy atom. The van der Waals surface area contributed by atoms with Crippen molar-refractivity contribution >= 4 is 104 Å². The summed E-state index contributed by atoms with van der Waals surface area (Å²) in [5.41, 5.74) is 12.8. The number of aryl methyl sites for hydroxylation is 2. The maximum absolute atomic E-state index is 12.1. The Bertz CT molecular complexity index is 3250.